The van der Waals surface area contributed by atoms with Crippen molar-refractivity contribution in [1.29, 1.82) is 0 Å². The topological polar surface area (TPSA) is 116 Å². The van der Waals surface area contributed by atoms with Crippen LogP contribution in [0.3, 0.4) is 0 Å². The highest BCUT2D eigenvalue weighted by Gasteiger charge is 2.39. The molecule has 0 bridgehead atoms. The summed E-state index contributed by atoms with van der Waals surface area (Å²) in [5.41, 5.74) is 0.0118. The molecule has 4 rings (SSSR count). The molecule has 9 nitrogen and oxygen atoms in total. The summed E-state index contributed by atoms with van der Waals surface area (Å²) in [6, 6.07) is 1.14. The lowest BCUT2D eigenvalue weighted by Gasteiger charge is -2.31. The van der Waals surface area contributed by atoms with Gasteiger partial charge < -0.3 is 4.74 Å². The number of aromatic nitrogens is 2. The van der Waals surface area contributed by atoms with Gasteiger partial charge in [0, 0.05) is 18.3 Å². The number of esters is 1. The number of fused-ring (bicyclic) bond motifs is 1. The van der Waals surface area contributed by atoms with Crippen molar-refractivity contribution in [3.63, 3.8) is 0 Å². The molecule has 2 aliphatic rings. The van der Waals surface area contributed by atoms with Crippen molar-refractivity contribution < 1.29 is 39.5 Å². The highest BCUT2D eigenvalue weighted by atomic mass is 32.2. The van der Waals surface area contributed by atoms with E-state index >= 15 is 0 Å². The normalized spacial score (nSPS) is 18.9. The molecule has 0 saturated heterocycles. The van der Waals surface area contributed by atoms with Crippen molar-refractivity contribution in [1.82, 2.24) is 14.1 Å². The Morgan fingerprint density at radius 3 is 2.38 bits per heavy atom. The van der Waals surface area contributed by atoms with E-state index in [9.17, 15) is 34.8 Å². The predicted molar refractivity (Wildman–Crippen MR) is 135 cm³/mol. The Kier molecular flexibility index (Phi) is 8.48. The molecular formula is C25H32F3N3O6S2. The number of hydrogen-bond donors (Lipinski definition) is 0. The minimum atomic E-state index is -4.94. The number of ether oxygens (including phenoxy) is 1. The van der Waals surface area contributed by atoms with Gasteiger partial charge in [0.2, 0.25) is 10.0 Å². The Hall–Kier alpha value is -2.45. The van der Waals surface area contributed by atoms with E-state index in [1.165, 1.54) is 13.2 Å². The van der Waals surface area contributed by atoms with Crippen molar-refractivity contribution in [2.75, 3.05) is 13.7 Å². The molecule has 0 amide bonds. The van der Waals surface area contributed by atoms with Crippen LogP contribution in [0.1, 0.15) is 74.7 Å². The number of hydrogen-bond acceptors (Lipinski definition) is 7. The maximum atomic E-state index is 13.8. The van der Waals surface area contributed by atoms with Gasteiger partial charge in [0.05, 0.1) is 52.4 Å². The number of sulfonamides is 1. The first-order chi connectivity index (χ1) is 18.3. The predicted octanol–water partition coefficient (Wildman–Crippen LogP) is 4.27. The van der Waals surface area contributed by atoms with Crippen LogP contribution in [0.15, 0.2) is 34.2 Å². The zero-order valence-electron chi connectivity index (χ0n) is 21.8. The molecule has 1 unspecified atom stereocenters. The van der Waals surface area contributed by atoms with E-state index in [-0.39, 0.29) is 25.5 Å². The third-order valence-electron chi connectivity index (χ3n) is 7.46. The number of benzene rings is 1. The van der Waals surface area contributed by atoms with Gasteiger partial charge in [-0.1, -0.05) is 12.8 Å². The van der Waals surface area contributed by atoms with Gasteiger partial charge in [0.1, 0.15) is 0 Å². The number of carbonyl (C=O) groups excluding carboxylic acids is 1. The zero-order chi connectivity index (χ0) is 28.6. The maximum absolute atomic E-state index is 13.8. The van der Waals surface area contributed by atoms with Gasteiger partial charge >= 0.3 is 12.1 Å². The smallest absolute Gasteiger partial charge is 0.416 e. The molecule has 0 N–H and O–H groups in total. The third-order valence-corrected chi connectivity index (χ3v) is 11.5. The van der Waals surface area contributed by atoms with Crippen LogP contribution in [0.5, 0.6) is 0 Å². The lowest BCUT2D eigenvalue weighted by molar-refractivity contribution is -0.143. The Morgan fingerprint density at radius 1 is 1.08 bits per heavy atom. The molecule has 216 valence electrons. The minimum absolute atomic E-state index is 0.0866. The number of rotatable bonds is 9. The monoisotopic (exact) mass is 591 g/mol. The van der Waals surface area contributed by atoms with Gasteiger partial charge in [-0.15, -0.1) is 0 Å². The van der Waals surface area contributed by atoms with Crippen LogP contribution in [0.4, 0.5) is 13.2 Å². The molecule has 1 aromatic heterocycles. The van der Waals surface area contributed by atoms with E-state index in [0.29, 0.717) is 62.6 Å². The van der Waals surface area contributed by atoms with Gasteiger partial charge in [0.15, 0.2) is 9.84 Å². The molecule has 1 fully saturated rings. The van der Waals surface area contributed by atoms with E-state index in [1.807, 2.05) is 0 Å². The molecule has 39 heavy (non-hydrogen) atoms. The molecule has 0 aliphatic heterocycles. The van der Waals surface area contributed by atoms with Gasteiger partial charge in [-0.2, -0.15) is 22.6 Å². The second kappa shape index (κ2) is 11.2. The zero-order valence-corrected chi connectivity index (χ0v) is 23.4. The van der Waals surface area contributed by atoms with Gasteiger partial charge in [-0.25, -0.2) is 16.8 Å². The van der Waals surface area contributed by atoms with Crippen LogP contribution in [0.2, 0.25) is 0 Å². The maximum Gasteiger partial charge on any atom is 0.416 e. The number of aryl methyl sites for hydroxylation is 1. The fourth-order valence-corrected chi connectivity index (χ4v) is 8.80. The summed E-state index contributed by atoms with van der Waals surface area (Å²) in [6.07, 6.45) is 0.185. The number of halogens is 3. The number of carbonyl (C=O) groups is 1. The van der Waals surface area contributed by atoms with Crippen molar-refractivity contribution in [3.05, 3.63) is 41.2 Å². The van der Waals surface area contributed by atoms with Gasteiger partial charge in [0.25, 0.3) is 0 Å². The minimum Gasteiger partial charge on any atom is -0.466 e. The van der Waals surface area contributed by atoms with Crippen molar-refractivity contribution in [3.8, 4) is 0 Å². The van der Waals surface area contributed by atoms with Crippen LogP contribution in [-0.2, 0) is 48.5 Å². The van der Waals surface area contributed by atoms with Crippen molar-refractivity contribution in [2.45, 2.75) is 92.1 Å². The van der Waals surface area contributed by atoms with Gasteiger partial charge in [-0.3, -0.25) is 9.48 Å². The van der Waals surface area contributed by atoms with Crippen LogP contribution < -0.4 is 0 Å². The molecule has 0 radical (unpaired) electrons. The molecular weight excluding hydrogens is 559 g/mol. The Bertz CT molecular complexity index is 1430. The number of sulfone groups is 1. The standard InChI is InChI=1S/C25H32F3N3O6S2/c1-3-37-24(32)11-12-31-23-10-6-9-22(21(23)16-29-31)30(2)39(35,36)20-14-17(25(26,27)28)13-19(15-20)38(33,34)18-7-4-5-8-18/h13-16,18,22H,3-12H2,1-2H3. The summed E-state index contributed by atoms with van der Waals surface area (Å²) in [4.78, 5) is 10.4. The fourth-order valence-electron chi connectivity index (χ4n) is 5.37. The quantitative estimate of drug-likeness (QED) is 0.400. The largest absolute Gasteiger partial charge is 0.466 e. The molecule has 2 aromatic rings. The number of nitrogens with zero attached hydrogens (tertiary/aromatic N) is 3. The molecule has 1 atom stereocenters. The second-order valence-corrected chi connectivity index (χ2v) is 14.1. The summed E-state index contributed by atoms with van der Waals surface area (Å²) in [7, 11) is -7.41. The van der Waals surface area contributed by atoms with Crippen LogP contribution in [-0.4, -0.2) is 55.8 Å². The van der Waals surface area contributed by atoms with E-state index in [1.54, 1.807) is 11.6 Å². The Morgan fingerprint density at radius 2 is 1.74 bits per heavy atom. The summed E-state index contributed by atoms with van der Waals surface area (Å²) in [5.74, 6) is -0.387. The summed E-state index contributed by atoms with van der Waals surface area (Å²) in [5, 5.41) is 3.48. The van der Waals surface area contributed by atoms with E-state index in [0.717, 1.165) is 16.1 Å². The van der Waals surface area contributed by atoms with Crippen LogP contribution >= 0.6 is 0 Å². The molecule has 0 spiro atoms. The average molecular weight is 592 g/mol. The lowest BCUT2D eigenvalue weighted by Crippen LogP contribution is -2.34. The van der Waals surface area contributed by atoms with Gasteiger partial charge in [-0.05, 0) is 57.2 Å². The highest BCUT2D eigenvalue weighted by molar-refractivity contribution is 7.92. The fraction of sp³-hybridized carbons (Fsp3) is 0.600. The summed E-state index contributed by atoms with van der Waals surface area (Å²) >= 11 is 0. The SMILES string of the molecule is CCOC(=O)CCn1ncc2c1CCCC2N(C)S(=O)(=O)c1cc(C(F)(F)F)cc(S(=O)(=O)C2CCCC2)c1. The Balaban J connectivity index is 1.69. The molecule has 1 aromatic carbocycles. The van der Waals surface area contributed by atoms with Crippen LogP contribution in [0, 0.1) is 0 Å². The second-order valence-electron chi connectivity index (χ2n) is 9.90. The molecule has 14 heteroatoms. The molecule has 1 heterocycles. The first kappa shape index (κ1) is 29.5. The first-order valence-corrected chi connectivity index (χ1v) is 15.9. The van der Waals surface area contributed by atoms with E-state index in [4.69, 9.17) is 4.74 Å². The van der Waals surface area contributed by atoms with Crippen molar-refractivity contribution >= 4 is 25.8 Å². The third kappa shape index (κ3) is 6.02. The Labute approximate surface area is 226 Å². The van der Waals surface area contributed by atoms with Crippen molar-refractivity contribution in [2.24, 2.45) is 0 Å². The first-order valence-electron chi connectivity index (χ1n) is 12.9. The molecule has 2 aliphatic carbocycles. The number of alkyl halides is 3. The highest BCUT2D eigenvalue weighted by Crippen LogP contribution is 2.40. The van der Waals surface area contributed by atoms with Crippen LogP contribution in [0.25, 0.3) is 0 Å². The summed E-state index contributed by atoms with van der Waals surface area (Å²) in [6.45, 7) is 2.19. The lowest BCUT2D eigenvalue weighted by atomic mass is 9.93. The molecule has 1 saturated carbocycles. The van der Waals surface area contributed by atoms with E-state index < -0.39 is 52.7 Å². The summed E-state index contributed by atoms with van der Waals surface area (Å²) < 4.78 is 103. The average Bonchev–Trinajstić information content (AvgIpc) is 3.57. The van der Waals surface area contributed by atoms with E-state index in [2.05, 4.69) is 5.10 Å².